The first-order valence-corrected chi connectivity index (χ1v) is 10.1. The number of carbonyl (C=O) groups excluding carboxylic acids is 2. The van der Waals surface area contributed by atoms with Crippen molar-refractivity contribution >= 4 is 39.3 Å². The summed E-state index contributed by atoms with van der Waals surface area (Å²) in [4.78, 5) is 32.7. The minimum Gasteiger partial charge on any atom is -0.346 e. The van der Waals surface area contributed by atoms with Crippen molar-refractivity contribution in [3.63, 3.8) is 0 Å². The van der Waals surface area contributed by atoms with E-state index >= 15 is 0 Å². The van der Waals surface area contributed by atoms with Crippen LogP contribution in [0.25, 0.3) is 11.0 Å². The lowest BCUT2D eigenvalue weighted by Crippen LogP contribution is -2.30. The predicted octanol–water partition coefficient (Wildman–Crippen LogP) is 3.66. The largest absolute Gasteiger partial charge is 0.346 e. The summed E-state index contributed by atoms with van der Waals surface area (Å²) in [5.41, 5.74) is 1.27. The van der Waals surface area contributed by atoms with Gasteiger partial charge in [0.25, 0.3) is 0 Å². The van der Waals surface area contributed by atoms with E-state index in [2.05, 4.69) is 20.6 Å². The number of carbonyl (C=O) groups is 2. The maximum atomic E-state index is 13.6. The number of anilines is 1. The van der Waals surface area contributed by atoms with E-state index in [9.17, 15) is 18.4 Å². The number of fused-ring (bicyclic) bond motifs is 1. The van der Waals surface area contributed by atoms with E-state index in [4.69, 9.17) is 0 Å². The highest BCUT2D eigenvalue weighted by Crippen LogP contribution is 2.31. The number of imidazole rings is 1. The summed E-state index contributed by atoms with van der Waals surface area (Å²) in [5.74, 6) is -0.253. The van der Waals surface area contributed by atoms with Crippen molar-refractivity contribution in [1.29, 1.82) is 0 Å². The van der Waals surface area contributed by atoms with Crippen LogP contribution in [-0.2, 0) is 16.0 Å². The van der Waals surface area contributed by atoms with E-state index < -0.39 is 12.6 Å². The summed E-state index contributed by atoms with van der Waals surface area (Å²) in [6.45, 7) is -1.16. The minimum absolute atomic E-state index is 0.0188. The van der Waals surface area contributed by atoms with E-state index in [0.717, 1.165) is 17.4 Å². The molecule has 1 saturated carbocycles. The van der Waals surface area contributed by atoms with Crippen LogP contribution < -0.4 is 10.6 Å². The van der Waals surface area contributed by atoms with Crippen molar-refractivity contribution in [2.75, 3.05) is 5.32 Å². The van der Waals surface area contributed by atoms with Gasteiger partial charge in [0.2, 0.25) is 11.8 Å². The zero-order chi connectivity index (χ0) is 20.5. The Bertz CT molecular complexity index is 1060. The lowest BCUT2D eigenvalue weighted by molar-refractivity contribution is -0.121. The Morgan fingerprint density at radius 2 is 2.03 bits per heavy atom. The van der Waals surface area contributed by atoms with E-state index in [1.165, 1.54) is 11.3 Å². The molecule has 0 spiro atoms. The van der Waals surface area contributed by atoms with Crippen molar-refractivity contribution in [1.82, 2.24) is 19.9 Å². The van der Waals surface area contributed by atoms with Gasteiger partial charge in [-0.15, -0.1) is 11.3 Å². The third kappa shape index (κ3) is 4.26. The number of rotatable bonds is 7. The molecule has 2 aromatic heterocycles. The molecule has 1 aliphatic rings. The molecule has 7 nitrogen and oxygen atoms in total. The maximum Gasteiger partial charge on any atom is 0.320 e. The third-order valence-corrected chi connectivity index (χ3v) is 5.46. The van der Waals surface area contributed by atoms with Gasteiger partial charge >= 0.3 is 6.55 Å². The second-order valence-corrected chi connectivity index (χ2v) is 7.84. The normalized spacial score (nSPS) is 14.9. The van der Waals surface area contributed by atoms with Crippen LogP contribution in [0.1, 0.15) is 43.9 Å². The topological polar surface area (TPSA) is 88.9 Å². The summed E-state index contributed by atoms with van der Waals surface area (Å²) in [7, 11) is 0. The molecular formula is C19H19F2N5O2S. The standard InChI is InChI=1S/C19H19F2N5O2S/c1-10(16-24-13-4-2-3-5-14(13)26(16)18(20)21)22-15(27)8-12-9-29-19(23-12)25-17(28)11-6-7-11/h2-5,9-11,18H,6-8H2,1H3,(H,22,27)(H,23,25,28)/t10-/m1/s1. The molecule has 0 saturated heterocycles. The molecule has 1 atom stereocenters. The molecule has 0 aliphatic heterocycles. The lowest BCUT2D eigenvalue weighted by Gasteiger charge is -2.15. The molecule has 1 fully saturated rings. The van der Waals surface area contributed by atoms with Crippen LogP contribution in [0, 0.1) is 5.92 Å². The van der Waals surface area contributed by atoms with Gasteiger partial charge in [0.05, 0.1) is 29.2 Å². The van der Waals surface area contributed by atoms with Crippen molar-refractivity contribution in [3.05, 3.63) is 41.2 Å². The number of nitrogens with zero attached hydrogens (tertiary/aromatic N) is 3. The molecule has 1 aromatic carbocycles. The number of benzene rings is 1. The summed E-state index contributed by atoms with van der Waals surface area (Å²) >= 11 is 1.25. The average molecular weight is 419 g/mol. The monoisotopic (exact) mass is 419 g/mol. The minimum atomic E-state index is -2.77. The van der Waals surface area contributed by atoms with Crippen LogP contribution in [0.4, 0.5) is 13.9 Å². The first kappa shape index (κ1) is 19.4. The Morgan fingerprint density at radius 1 is 1.28 bits per heavy atom. The summed E-state index contributed by atoms with van der Waals surface area (Å²) in [6, 6.07) is 5.90. The fourth-order valence-electron chi connectivity index (χ4n) is 3.09. The highest BCUT2D eigenvalue weighted by Gasteiger charge is 2.30. The fraction of sp³-hybridized carbons (Fsp3) is 0.368. The molecule has 152 valence electrons. The van der Waals surface area contributed by atoms with Gasteiger partial charge in [0.1, 0.15) is 5.82 Å². The van der Waals surface area contributed by atoms with E-state index in [1.807, 2.05) is 0 Å². The zero-order valence-electron chi connectivity index (χ0n) is 15.6. The number of hydrogen-bond acceptors (Lipinski definition) is 5. The number of alkyl halides is 2. The molecule has 3 aromatic rings. The average Bonchev–Trinajstić information content (AvgIpc) is 3.32. The van der Waals surface area contributed by atoms with Crippen LogP contribution in [0.5, 0.6) is 0 Å². The van der Waals surface area contributed by atoms with Crippen LogP contribution in [0.3, 0.4) is 0 Å². The van der Waals surface area contributed by atoms with Gasteiger partial charge in [-0.05, 0) is 31.9 Å². The molecule has 0 unspecified atom stereocenters. The molecule has 1 aliphatic carbocycles. The Balaban J connectivity index is 1.42. The summed E-state index contributed by atoms with van der Waals surface area (Å²) in [6.07, 6.45) is 1.77. The van der Waals surface area contributed by atoms with E-state index in [0.29, 0.717) is 21.9 Å². The fourth-order valence-corrected chi connectivity index (χ4v) is 3.81. The lowest BCUT2D eigenvalue weighted by atomic mass is 10.2. The first-order chi connectivity index (χ1) is 13.9. The molecule has 2 heterocycles. The van der Waals surface area contributed by atoms with Crippen LogP contribution >= 0.6 is 11.3 Å². The second-order valence-electron chi connectivity index (χ2n) is 6.98. The number of thiazole rings is 1. The number of halogens is 2. The third-order valence-electron chi connectivity index (χ3n) is 4.65. The Hall–Kier alpha value is -2.88. The number of para-hydroxylation sites is 2. The molecular weight excluding hydrogens is 400 g/mol. The van der Waals surface area contributed by atoms with Gasteiger partial charge in [0.15, 0.2) is 5.13 Å². The van der Waals surface area contributed by atoms with E-state index in [-0.39, 0.29) is 30.0 Å². The molecule has 2 amide bonds. The van der Waals surface area contributed by atoms with Crippen LogP contribution in [0.15, 0.2) is 29.6 Å². The molecule has 29 heavy (non-hydrogen) atoms. The van der Waals surface area contributed by atoms with Crippen molar-refractivity contribution in [2.24, 2.45) is 5.92 Å². The van der Waals surface area contributed by atoms with Gasteiger partial charge in [-0.3, -0.25) is 14.2 Å². The summed E-state index contributed by atoms with van der Waals surface area (Å²) in [5, 5.41) is 7.59. The van der Waals surface area contributed by atoms with E-state index in [1.54, 1.807) is 36.6 Å². The second kappa shape index (κ2) is 7.86. The predicted molar refractivity (Wildman–Crippen MR) is 105 cm³/mol. The number of amides is 2. The van der Waals surface area contributed by atoms with Crippen LogP contribution in [-0.4, -0.2) is 26.3 Å². The van der Waals surface area contributed by atoms with Crippen LogP contribution in [0.2, 0.25) is 0 Å². The first-order valence-electron chi connectivity index (χ1n) is 9.22. The number of nitrogens with one attached hydrogen (secondary N) is 2. The number of hydrogen-bond donors (Lipinski definition) is 2. The quantitative estimate of drug-likeness (QED) is 0.612. The van der Waals surface area contributed by atoms with Gasteiger partial charge in [-0.25, -0.2) is 9.97 Å². The molecule has 4 rings (SSSR count). The van der Waals surface area contributed by atoms with Gasteiger partial charge in [-0.1, -0.05) is 12.1 Å². The smallest absolute Gasteiger partial charge is 0.320 e. The molecule has 2 N–H and O–H groups in total. The van der Waals surface area contributed by atoms with Crippen molar-refractivity contribution in [2.45, 2.75) is 38.8 Å². The SMILES string of the molecule is C[C@@H](NC(=O)Cc1csc(NC(=O)C2CC2)n1)c1nc2ccccc2n1C(F)F. The van der Waals surface area contributed by atoms with Crippen molar-refractivity contribution in [3.8, 4) is 0 Å². The van der Waals surface area contributed by atoms with Gasteiger partial charge in [-0.2, -0.15) is 8.78 Å². The number of aromatic nitrogens is 3. The highest BCUT2D eigenvalue weighted by molar-refractivity contribution is 7.13. The molecule has 10 heteroatoms. The Kier molecular flexibility index (Phi) is 5.27. The maximum absolute atomic E-state index is 13.6. The Morgan fingerprint density at radius 3 is 2.76 bits per heavy atom. The molecule has 0 bridgehead atoms. The highest BCUT2D eigenvalue weighted by atomic mass is 32.1. The Labute approximate surface area is 169 Å². The van der Waals surface area contributed by atoms with Crippen molar-refractivity contribution < 1.29 is 18.4 Å². The summed E-state index contributed by atoms with van der Waals surface area (Å²) < 4.78 is 28.0. The van der Waals surface area contributed by atoms with Gasteiger partial charge < -0.3 is 10.6 Å². The molecule has 0 radical (unpaired) electrons. The van der Waals surface area contributed by atoms with Gasteiger partial charge in [0, 0.05) is 11.3 Å². The zero-order valence-corrected chi connectivity index (χ0v) is 16.4.